The number of carbonyl (C=O) groups excluding carboxylic acids is 2. The molecule has 1 aliphatic rings. The number of fused-ring (bicyclic) bond motifs is 1. The number of hydrogen-bond acceptors (Lipinski definition) is 4. The highest BCUT2D eigenvalue weighted by molar-refractivity contribution is 8.00. The van der Waals surface area contributed by atoms with Crippen LogP contribution in [0, 0.1) is 0 Å². The second-order valence-electron chi connectivity index (χ2n) is 5.57. The Bertz CT molecular complexity index is 746. The van der Waals surface area contributed by atoms with Crippen LogP contribution in [-0.2, 0) is 11.2 Å². The van der Waals surface area contributed by atoms with Crippen LogP contribution in [0.15, 0.2) is 48.5 Å². The lowest BCUT2D eigenvalue weighted by Crippen LogP contribution is -2.30. The molecular weight excluding hydrogens is 322 g/mol. The van der Waals surface area contributed by atoms with Gasteiger partial charge in [0.1, 0.15) is 5.75 Å². The number of ether oxygens (including phenoxy) is 1. The van der Waals surface area contributed by atoms with Gasteiger partial charge < -0.3 is 9.64 Å². The quantitative estimate of drug-likeness (QED) is 0.757. The summed E-state index contributed by atoms with van der Waals surface area (Å²) in [6.07, 6.45) is 0.839. The van der Waals surface area contributed by atoms with Crippen LogP contribution < -0.4 is 9.64 Å². The van der Waals surface area contributed by atoms with Gasteiger partial charge in [-0.25, -0.2) is 0 Å². The maximum Gasteiger partial charge on any atom is 0.237 e. The van der Waals surface area contributed by atoms with Crippen molar-refractivity contribution in [1.29, 1.82) is 0 Å². The van der Waals surface area contributed by atoms with Crippen LogP contribution in [0.1, 0.15) is 15.9 Å². The van der Waals surface area contributed by atoms with Gasteiger partial charge in [0.15, 0.2) is 5.78 Å². The number of anilines is 1. The minimum Gasteiger partial charge on any atom is -0.497 e. The molecule has 3 rings (SSSR count). The third-order valence-electron chi connectivity index (χ3n) is 4.04. The Morgan fingerprint density at radius 3 is 2.67 bits per heavy atom. The van der Waals surface area contributed by atoms with Gasteiger partial charge in [-0.1, -0.05) is 30.3 Å². The van der Waals surface area contributed by atoms with Crippen molar-refractivity contribution in [3.05, 3.63) is 59.7 Å². The van der Waals surface area contributed by atoms with Crippen molar-refractivity contribution in [2.75, 3.05) is 30.1 Å². The van der Waals surface area contributed by atoms with Crippen LogP contribution in [0.25, 0.3) is 0 Å². The topological polar surface area (TPSA) is 46.6 Å². The molecule has 0 radical (unpaired) electrons. The molecule has 1 heterocycles. The fourth-order valence-corrected chi connectivity index (χ4v) is 3.57. The van der Waals surface area contributed by atoms with Crippen LogP contribution >= 0.6 is 11.8 Å². The van der Waals surface area contributed by atoms with Crippen molar-refractivity contribution in [2.24, 2.45) is 0 Å². The van der Waals surface area contributed by atoms with Crippen LogP contribution in [0.5, 0.6) is 5.75 Å². The molecule has 0 aromatic heterocycles. The summed E-state index contributed by atoms with van der Waals surface area (Å²) >= 11 is 1.37. The third-order valence-corrected chi connectivity index (χ3v) is 4.96. The smallest absolute Gasteiger partial charge is 0.237 e. The maximum atomic E-state index is 12.4. The summed E-state index contributed by atoms with van der Waals surface area (Å²) in [5.74, 6) is 1.54. The first-order chi connectivity index (χ1) is 11.7. The van der Waals surface area contributed by atoms with E-state index in [-0.39, 0.29) is 11.7 Å². The van der Waals surface area contributed by atoms with Gasteiger partial charge in [-0.05, 0) is 30.2 Å². The molecule has 24 heavy (non-hydrogen) atoms. The number of hydrogen-bond donors (Lipinski definition) is 0. The Morgan fingerprint density at radius 1 is 1.12 bits per heavy atom. The summed E-state index contributed by atoms with van der Waals surface area (Å²) in [5, 5.41) is 0. The molecule has 0 fully saturated rings. The fourth-order valence-electron chi connectivity index (χ4n) is 2.78. The van der Waals surface area contributed by atoms with E-state index in [1.165, 1.54) is 11.8 Å². The Hall–Kier alpha value is -2.27. The summed E-state index contributed by atoms with van der Waals surface area (Å²) in [6.45, 7) is 0.689. The molecule has 0 N–H and O–H groups in total. The molecule has 0 bridgehead atoms. The predicted octanol–water partition coefficient (Wildman–Crippen LogP) is 3.20. The second kappa shape index (κ2) is 7.53. The van der Waals surface area contributed by atoms with E-state index in [0.717, 1.165) is 23.4 Å². The van der Waals surface area contributed by atoms with Crippen molar-refractivity contribution < 1.29 is 14.3 Å². The summed E-state index contributed by atoms with van der Waals surface area (Å²) in [4.78, 5) is 26.3. The van der Waals surface area contributed by atoms with Crippen LogP contribution in [-0.4, -0.2) is 36.9 Å². The number of amides is 1. The molecule has 0 unspecified atom stereocenters. The van der Waals surface area contributed by atoms with Gasteiger partial charge in [0.25, 0.3) is 0 Å². The molecule has 0 saturated heterocycles. The number of methoxy groups -OCH3 is 1. The van der Waals surface area contributed by atoms with E-state index < -0.39 is 0 Å². The van der Waals surface area contributed by atoms with Crippen LogP contribution in [0.2, 0.25) is 0 Å². The molecule has 4 nitrogen and oxygen atoms in total. The lowest BCUT2D eigenvalue weighted by molar-refractivity contribution is -0.116. The molecule has 1 aliphatic heterocycles. The van der Waals surface area contributed by atoms with E-state index in [0.29, 0.717) is 23.6 Å². The average Bonchev–Trinajstić information content (AvgIpc) is 3.05. The van der Waals surface area contributed by atoms with Crippen molar-refractivity contribution >= 4 is 29.1 Å². The Kier molecular flexibility index (Phi) is 5.20. The zero-order valence-electron chi connectivity index (χ0n) is 13.5. The van der Waals surface area contributed by atoms with Crippen molar-refractivity contribution in [2.45, 2.75) is 6.42 Å². The summed E-state index contributed by atoms with van der Waals surface area (Å²) in [5.41, 5.74) is 2.78. The predicted molar refractivity (Wildman–Crippen MR) is 97.1 cm³/mol. The molecule has 0 atom stereocenters. The average molecular weight is 341 g/mol. The first kappa shape index (κ1) is 16.6. The molecule has 0 saturated carbocycles. The number of ketones is 1. The van der Waals surface area contributed by atoms with Gasteiger partial charge in [0.2, 0.25) is 5.91 Å². The fraction of sp³-hybridized carbons (Fsp3) is 0.263. The zero-order valence-corrected chi connectivity index (χ0v) is 14.3. The van der Waals surface area contributed by atoms with E-state index in [1.54, 1.807) is 24.1 Å². The van der Waals surface area contributed by atoms with Crippen LogP contribution in [0.4, 0.5) is 5.69 Å². The highest BCUT2D eigenvalue weighted by Crippen LogP contribution is 2.31. The summed E-state index contributed by atoms with van der Waals surface area (Å²) in [6, 6.07) is 15.0. The monoisotopic (exact) mass is 341 g/mol. The number of carbonyl (C=O) groups is 2. The number of Topliss-reactive ketones (excluding diaryl/α,β-unsaturated/α-hetero) is 1. The Labute approximate surface area is 145 Å². The minimum absolute atomic E-state index is 0.0461. The van der Waals surface area contributed by atoms with E-state index in [1.807, 2.05) is 36.4 Å². The third kappa shape index (κ3) is 3.62. The number of rotatable bonds is 6. The van der Waals surface area contributed by atoms with Crippen molar-refractivity contribution in [1.82, 2.24) is 0 Å². The van der Waals surface area contributed by atoms with Gasteiger partial charge in [-0.15, -0.1) is 11.8 Å². The van der Waals surface area contributed by atoms with Crippen molar-refractivity contribution in [3.63, 3.8) is 0 Å². The molecule has 0 spiro atoms. The zero-order chi connectivity index (χ0) is 16.9. The minimum atomic E-state index is 0.0461. The number of thioether (sulfide) groups is 1. The second-order valence-corrected chi connectivity index (χ2v) is 6.56. The van der Waals surface area contributed by atoms with E-state index in [2.05, 4.69) is 0 Å². The van der Waals surface area contributed by atoms with E-state index in [9.17, 15) is 9.59 Å². The molecular formula is C19H19NO3S. The maximum absolute atomic E-state index is 12.4. The highest BCUT2D eigenvalue weighted by Gasteiger charge is 2.24. The van der Waals surface area contributed by atoms with Gasteiger partial charge in [0, 0.05) is 17.8 Å². The first-order valence-electron chi connectivity index (χ1n) is 7.82. The normalized spacial score (nSPS) is 12.8. The largest absolute Gasteiger partial charge is 0.497 e. The summed E-state index contributed by atoms with van der Waals surface area (Å²) < 4.78 is 5.22. The highest BCUT2D eigenvalue weighted by atomic mass is 32.2. The van der Waals surface area contributed by atoms with Gasteiger partial charge in [0.05, 0.1) is 18.6 Å². The van der Waals surface area contributed by atoms with Crippen LogP contribution in [0.3, 0.4) is 0 Å². The van der Waals surface area contributed by atoms with Gasteiger partial charge in [-0.3, -0.25) is 9.59 Å². The molecule has 124 valence electrons. The standard InChI is InChI=1S/C19H19NO3S/c1-23-16-7-8-17-15(11-16)9-10-20(17)19(22)13-24-12-18(21)14-5-3-2-4-6-14/h2-8,11H,9-10,12-13H2,1H3. The van der Waals surface area contributed by atoms with Gasteiger partial charge in [-0.2, -0.15) is 0 Å². The molecule has 2 aromatic carbocycles. The SMILES string of the molecule is COc1ccc2c(c1)CCN2C(=O)CSCC(=O)c1ccccc1. The molecule has 0 aliphatic carbocycles. The molecule has 1 amide bonds. The first-order valence-corrected chi connectivity index (χ1v) is 8.98. The number of nitrogens with zero attached hydrogens (tertiary/aromatic N) is 1. The Balaban J connectivity index is 1.55. The van der Waals surface area contributed by atoms with Crippen molar-refractivity contribution in [3.8, 4) is 5.75 Å². The van der Waals surface area contributed by atoms with E-state index >= 15 is 0 Å². The number of benzene rings is 2. The molecule has 2 aromatic rings. The Morgan fingerprint density at radius 2 is 1.92 bits per heavy atom. The van der Waals surface area contributed by atoms with E-state index in [4.69, 9.17) is 4.74 Å². The lowest BCUT2D eigenvalue weighted by Gasteiger charge is -2.17. The summed E-state index contributed by atoms with van der Waals surface area (Å²) in [7, 11) is 1.64. The molecule has 5 heteroatoms. The lowest BCUT2D eigenvalue weighted by atomic mass is 10.1. The van der Waals surface area contributed by atoms with Gasteiger partial charge >= 0.3 is 0 Å².